The van der Waals surface area contributed by atoms with Gasteiger partial charge >= 0.3 is 0 Å². The summed E-state index contributed by atoms with van der Waals surface area (Å²) < 4.78 is 5.74. The molecule has 0 saturated heterocycles. The number of hydrogen-bond donors (Lipinski definition) is 1. The maximum absolute atomic E-state index is 9.60. The third-order valence-corrected chi connectivity index (χ3v) is 2.79. The third-order valence-electron chi connectivity index (χ3n) is 2.79. The summed E-state index contributed by atoms with van der Waals surface area (Å²) in [6.45, 7) is 4.60. The van der Waals surface area contributed by atoms with Crippen molar-refractivity contribution in [2.45, 2.75) is 32.8 Å². The Hall–Kier alpha value is -1.02. The largest absolute Gasteiger partial charge is 0.493 e. The van der Waals surface area contributed by atoms with Crippen LogP contribution in [0.5, 0.6) is 5.75 Å². The number of ether oxygens (including phenoxy) is 1. The summed E-state index contributed by atoms with van der Waals surface area (Å²) in [4.78, 5) is 0. The Balaban J connectivity index is 2.13. The van der Waals surface area contributed by atoms with Gasteiger partial charge in [0.2, 0.25) is 0 Å². The van der Waals surface area contributed by atoms with Crippen LogP contribution in [0.1, 0.15) is 37.0 Å². The van der Waals surface area contributed by atoms with Crippen LogP contribution in [0, 0.1) is 12.8 Å². The average Bonchev–Trinajstić information content (AvgIpc) is 2.97. The van der Waals surface area contributed by atoms with Crippen LogP contribution in [0.25, 0.3) is 0 Å². The van der Waals surface area contributed by atoms with Gasteiger partial charge in [-0.3, -0.25) is 0 Å². The summed E-state index contributed by atoms with van der Waals surface area (Å²) in [5.41, 5.74) is 2.06. The molecular weight excluding hydrogens is 188 g/mol. The molecule has 0 heterocycles. The molecule has 2 rings (SSSR count). The fourth-order valence-electron chi connectivity index (χ4n) is 1.60. The van der Waals surface area contributed by atoms with Crippen molar-refractivity contribution < 1.29 is 9.84 Å². The second kappa shape index (κ2) is 4.23. The predicted octanol–water partition coefficient (Wildman–Crippen LogP) is 2.84. The van der Waals surface area contributed by atoms with E-state index < -0.39 is 6.10 Å². The normalized spacial score (nSPS) is 17.5. The van der Waals surface area contributed by atoms with Crippen molar-refractivity contribution in [3.63, 3.8) is 0 Å². The molecule has 0 unspecified atom stereocenters. The Morgan fingerprint density at radius 2 is 2.20 bits per heavy atom. The molecule has 2 nitrogen and oxygen atoms in total. The highest BCUT2D eigenvalue weighted by atomic mass is 16.5. The standard InChI is InChI=1S/C13H18O2/c1-9-3-6-12(10(2)14)13(7-9)15-8-11-4-5-11/h3,6-7,10-11,14H,4-5,8H2,1-2H3/t10-/m0/s1. The van der Waals surface area contributed by atoms with Gasteiger partial charge in [0.05, 0.1) is 12.7 Å². The minimum atomic E-state index is -0.459. The van der Waals surface area contributed by atoms with E-state index in [1.807, 2.05) is 25.1 Å². The van der Waals surface area contributed by atoms with E-state index >= 15 is 0 Å². The van der Waals surface area contributed by atoms with Crippen LogP contribution in [-0.4, -0.2) is 11.7 Å². The van der Waals surface area contributed by atoms with Crippen molar-refractivity contribution in [3.8, 4) is 5.75 Å². The van der Waals surface area contributed by atoms with Gasteiger partial charge in [0, 0.05) is 5.56 Å². The van der Waals surface area contributed by atoms with Gasteiger partial charge in [0.1, 0.15) is 5.75 Å². The van der Waals surface area contributed by atoms with Crippen LogP contribution in [0.3, 0.4) is 0 Å². The van der Waals surface area contributed by atoms with E-state index in [0.29, 0.717) is 0 Å². The highest BCUT2D eigenvalue weighted by molar-refractivity contribution is 5.38. The van der Waals surface area contributed by atoms with Crippen LogP contribution in [0.15, 0.2) is 18.2 Å². The lowest BCUT2D eigenvalue weighted by atomic mass is 10.1. The Kier molecular flexibility index (Phi) is 2.96. The molecule has 1 fully saturated rings. The summed E-state index contributed by atoms with van der Waals surface area (Å²) in [5.74, 6) is 1.59. The zero-order valence-electron chi connectivity index (χ0n) is 9.36. The van der Waals surface area contributed by atoms with E-state index in [9.17, 15) is 5.11 Å². The molecule has 1 aromatic rings. The molecule has 1 aliphatic rings. The maximum atomic E-state index is 9.60. The maximum Gasteiger partial charge on any atom is 0.125 e. The summed E-state index contributed by atoms with van der Waals surface area (Å²) >= 11 is 0. The van der Waals surface area contributed by atoms with Gasteiger partial charge in [0.25, 0.3) is 0 Å². The van der Waals surface area contributed by atoms with Gasteiger partial charge in [-0.25, -0.2) is 0 Å². The predicted molar refractivity (Wildman–Crippen MR) is 60.0 cm³/mol. The first-order valence-corrected chi connectivity index (χ1v) is 5.58. The van der Waals surface area contributed by atoms with Crippen molar-refractivity contribution in [2.24, 2.45) is 5.92 Å². The molecule has 82 valence electrons. The molecule has 1 aliphatic carbocycles. The first kappa shape index (κ1) is 10.5. The highest BCUT2D eigenvalue weighted by Crippen LogP contribution is 2.32. The lowest BCUT2D eigenvalue weighted by Gasteiger charge is -2.13. The van der Waals surface area contributed by atoms with E-state index in [-0.39, 0.29) is 0 Å². The second-order valence-corrected chi connectivity index (χ2v) is 4.47. The average molecular weight is 206 g/mol. The van der Waals surface area contributed by atoms with Crippen LogP contribution in [0.4, 0.5) is 0 Å². The molecule has 0 amide bonds. The van der Waals surface area contributed by atoms with E-state index in [1.165, 1.54) is 18.4 Å². The zero-order chi connectivity index (χ0) is 10.8. The SMILES string of the molecule is Cc1ccc([C@H](C)O)c(OCC2CC2)c1. The molecule has 0 bridgehead atoms. The van der Waals surface area contributed by atoms with Gasteiger partial charge < -0.3 is 9.84 Å². The van der Waals surface area contributed by atoms with E-state index in [1.54, 1.807) is 6.92 Å². The van der Waals surface area contributed by atoms with Crippen LogP contribution >= 0.6 is 0 Å². The van der Waals surface area contributed by atoms with E-state index in [4.69, 9.17) is 4.74 Å². The number of hydrogen-bond acceptors (Lipinski definition) is 2. The summed E-state index contributed by atoms with van der Waals surface area (Å²) in [6.07, 6.45) is 2.12. The molecule has 2 heteroatoms. The van der Waals surface area contributed by atoms with Crippen LogP contribution < -0.4 is 4.74 Å². The molecule has 1 aromatic carbocycles. The lowest BCUT2D eigenvalue weighted by Crippen LogP contribution is -2.03. The molecule has 0 spiro atoms. The number of rotatable bonds is 4. The van der Waals surface area contributed by atoms with Gasteiger partial charge in [-0.15, -0.1) is 0 Å². The van der Waals surface area contributed by atoms with Crippen molar-refractivity contribution in [2.75, 3.05) is 6.61 Å². The van der Waals surface area contributed by atoms with Gasteiger partial charge in [-0.1, -0.05) is 12.1 Å². The monoisotopic (exact) mass is 206 g/mol. The van der Waals surface area contributed by atoms with E-state index in [0.717, 1.165) is 23.8 Å². The summed E-state index contributed by atoms with van der Waals surface area (Å²) in [5, 5.41) is 9.60. The molecular formula is C13H18O2. The molecule has 0 radical (unpaired) electrons. The Bertz CT molecular complexity index is 340. The Morgan fingerprint density at radius 1 is 1.47 bits per heavy atom. The van der Waals surface area contributed by atoms with Gasteiger partial charge in [-0.2, -0.15) is 0 Å². The molecule has 0 aromatic heterocycles. The molecule has 1 saturated carbocycles. The van der Waals surface area contributed by atoms with Crippen molar-refractivity contribution in [1.82, 2.24) is 0 Å². The first-order chi connectivity index (χ1) is 7.16. The van der Waals surface area contributed by atoms with Gasteiger partial charge in [-0.05, 0) is 44.2 Å². The van der Waals surface area contributed by atoms with Gasteiger partial charge in [0.15, 0.2) is 0 Å². The van der Waals surface area contributed by atoms with Crippen molar-refractivity contribution in [3.05, 3.63) is 29.3 Å². The molecule has 0 aliphatic heterocycles. The second-order valence-electron chi connectivity index (χ2n) is 4.47. The topological polar surface area (TPSA) is 29.5 Å². The first-order valence-electron chi connectivity index (χ1n) is 5.58. The zero-order valence-corrected chi connectivity index (χ0v) is 9.36. The number of aliphatic hydroxyl groups is 1. The minimum Gasteiger partial charge on any atom is -0.493 e. The van der Waals surface area contributed by atoms with E-state index in [2.05, 4.69) is 0 Å². The Morgan fingerprint density at radius 3 is 2.80 bits per heavy atom. The molecule has 15 heavy (non-hydrogen) atoms. The smallest absolute Gasteiger partial charge is 0.125 e. The highest BCUT2D eigenvalue weighted by Gasteiger charge is 2.22. The fraction of sp³-hybridized carbons (Fsp3) is 0.538. The van der Waals surface area contributed by atoms with Crippen molar-refractivity contribution >= 4 is 0 Å². The third kappa shape index (κ3) is 2.72. The summed E-state index contributed by atoms with van der Waals surface area (Å²) in [7, 11) is 0. The molecule has 1 atom stereocenters. The number of aryl methyl sites for hydroxylation is 1. The van der Waals surface area contributed by atoms with Crippen molar-refractivity contribution in [1.29, 1.82) is 0 Å². The fourth-order valence-corrected chi connectivity index (χ4v) is 1.60. The summed E-state index contributed by atoms with van der Waals surface area (Å²) in [6, 6.07) is 5.96. The quantitative estimate of drug-likeness (QED) is 0.820. The number of aliphatic hydroxyl groups excluding tert-OH is 1. The van der Waals surface area contributed by atoms with Crippen LogP contribution in [0.2, 0.25) is 0 Å². The molecule has 1 N–H and O–H groups in total. The lowest BCUT2D eigenvalue weighted by molar-refractivity contribution is 0.190. The van der Waals surface area contributed by atoms with Crippen LogP contribution in [-0.2, 0) is 0 Å². The minimum absolute atomic E-state index is 0.459. The number of benzene rings is 1. The Labute approximate surface area is 90.9 Å².